The Morgan fingerprint density at radius 1 is 1.23 bits per heavy atom. The Morgan fingerprint density at radius 3 is 2.51 bits per heavy atom. The lowest BCUT2D eigenvalue weighted by Crippen LogP contribution is -2.32. The molecule has 0 aliphatic heterocycles. The topological polar surface area (TPSA) is 161 Å². The molecule has 0 fully saturated rings. The molecule has 0 saturated carbocycles. The summed E-state index contributed by atoms with van der Waals surface area (Å²) in [5.74, 6) is -2.26. The molecule has 12 heteroatoms. The van der Waals surface area contributed by atoms with Gasteiger partial charge in [-0.2, -0.15) is 14.6 Å². The Labute approximate surface area is 201 Å². The number of benzene rings is 1. The van der Waals surface area contributed by atoms with E-state index in [1.165, 1.54) is 12.1 Å². The second kappa shape index (κ2) is 9.63. The Morgan fingerprint density at radius 2 is 1.91 bits per heavy atom. The number of hydrogen-bond donors (Lipinski definition) is 2. The van der Waals surface area contributed by atoms with Gasteiger partial charge in [0.05, 0.1) is 24.4 Å². The van der Waals surface area contributed by atoms with Crippen LogP contribution in [-0.2, 0) is 16.6 Å². The molecule has 0 radical (unpaired) electrons. The van der Waals surface area contributed by atoms with Crippen molar-refractivity contribution in [2.75, 3.05) is 16.7 Å². The summed E-state index contributed by atoms with van der Waals surface area (Å²) in [6, 6.07) is 8.86. The molecular weight excluding hydrogens is 475 g/mol. The number of carbonyl (C=O) groups excluding carboxylic acids is 1. The van der Waals surface area contributed by atoms with Gasteiger partial charge >= 0.3 is 5.69 Å². The number of nitrogens with one attached hydrogen (secondary N) is 1. The van der Waals surface area contributed by atoms with Crippen molar-refractivity contribution in [1.82, 2.24) is 14.5 Å². The molecule has 0 unspecified atom stereocenters. The number of halogens is 1. The first kappa shape index (κ1) is 25.5. The van der Waals surface area contributed by atoms with E-state index in [1.807, 2.05) is 6.07 Å². The van der Waals surface area contributed by atoms with Crippen molar-refractivity contribution in [1.29, 1.82) is 5.26 Å². The fourth-order valence-electron chi connectivity index (χ4n) is 3.73. The van der Waals surface area contributed by atoms with E-state index in [0.29, 0.717) is 11.1 Å². The number of aromatic nitrogens is 3. The van der Waals surface area contributed by atoms with Crippen molar-refractivity contribution in [3.8, 4) is 6.07 Å². The standard InChI is InChI=1S/C23H23FN6O4S/c1-12(2)19-20(21(31)16-6-13(3)5-14(7-16)10-25)30(23(32)28-22(19)26)11-15-8-17(24)27-18(9-15)29-35(4,33)34/h5-9,12H,11H2,1-4H3,(H,27,29)(H2,26,28,32). The minimum atomic E-state index is -3.74. The maximum atomic E-state index is 14.2. The normalized spacial score (nSPS) is 11.3. The van der Waals surface area contributed by atoms with E-state index >= 15 is 0 Å². The summed E-state index contributed by atoms with van der Waals surface area (Å²) in [6.45, 7) is 4.96. The van der Waals surface area contributed by atoms with Crippen LogP contribution in [0.4, 0.5) is 16.0 Å². The lowest BCUT2D eigenvalue weighted by molar-refractivity contribution is 0.102. The first-order chi connectivity index (χ1) is 16.3. The molecule has 2 heterocycles. The second-order valence-electron chi connectivity index (χ2n) is 8.37. The summed E-state index contributed by atoms with van der Waals surface area (Å²) < 4.78 is 40.4. The quantitative estimate of drug-likeness (QED) is 0.370. The first-order valence-corrected chi connectivity index (χ1v) is 12.3. The monoisotopic (exact) mass is 498 g/mol. The van der Waals surface area contributed by atoms with Crippen LogP contribution in [0.5, 0.6) is 0 Å². The molecule has 0 amide bonds. The minimum Gasteiger partial charge on any atom is -0.383 e. The average molecular weight is 499 g/mol. The molecule has 0 spiro atoms. The number of carbonyl (C=O) groups is 1. The van der Waals surface area contributed by atoms with Crippen molar-refractivity contribution in [2.45, 2.75) is 33.2 Å². The molecular formula is C23H23FN6O4S. The third kappa shape index (κ3) is 5.88. The van der Waals surface area contributed by atoms with E-state index < -0.39 is 27.4 Å². The summed E-state index contributed by atoms with van der Waals surface area (Å²) in [5, 5.41) is 9.32. The van der Waals surface area contributed by atoms with Crippen LogP contribution in [0.3, 0.4) is 0 Å². The lowest BCUT2D eigenvalue weighted by atomic mass is 9.94. The smallest absolute Gasteiger partial charge is 0.350 e. The molecule has 0 aliphatic rings. The van der Waals surface area contributed by atoms with Crippen LogP contribution in [0.1, 0.15) is 58.1 Å². The molecule has 0 bridgehead atoms. The van der Waals surface area contributed by atoms with Gasteiger partial charge in [0, 0.05) is 11.1 Å². The number of hydrogen-bond acceptors (Lipinski definition) is 8. The first-order valence-electron chi connectivity index (χ1n) is 10.4. The van der Waals surface area contributed by atoms with Crippen molar-refractivity contribution in [2.24, 2.45) is 0 Å². The average Bonchev–Trinajstić information content (AvgIpc) is 2.72. The summed E-state index contributed by atoms with van der Waals surface area (Å²) in [5.41, 5.74) is 6.70. The third-order valence-electron chi connectivity index (χ3n) is 4.99. The largest absolute Gasteiger partial charge is 0.383 e. The number of sulfonamides is 1. The molecule has 0 aliphatic carbocycles. The maximum absolute atomic E-state index is 14.2. The van der Waals surface area contributed by atoms with Crippen LogP contribution in [0.15, 0.2) is 35.1 Å². The highest BCUT2D eigenvalue weighted by Gasteiger charge is 2.25. The predicted molar refractivity (Wildman–Crippen MR) is 128 cm³/mol. The number of rotatable bonds is 7. The number of ketones is 1. The van der Waals surface area contributed by atoms with E-state index in [2.05, 4.69) is 14.7 Å². The molecule has 10 nitrogen and oxygen atoms in total. The molecule has 1 aromatic carbocycles. The van der Waals surface area contributed by atoms with E-state index in [4.69, 9.17) is 5.73 Å². The Hall–Kier alpha value is -4.11. The zero-order chi connectivity index (χ0) is 26.1. The van der Waals surface area contributed by atoms with Gasteiger partial charge in [0.2, 0.25) is 21.8 Å². The SMILES string of the molecule is Cc1cc(C#N)cc(C(=O)c2c(C(C)C)c(N)nc(=O)n2Cc2cc(F)nc(NS(C)(=O)=O)c2)c1. The van der Waals surface area contributed by atoms with Crippen LogP contribution >= 0.6 is 0 Å². The minimum absolute atomic E-state index is 0.0539. The summed E-state index contributed by atoms with van der Waals surface area (Å²) >= 11 is 0. The van der Waals surface area contributed by atoms with Crippen LogP contribution in [-0.4, -0.2) is 35.0 Å². The van der Waals surface area contributed by atoms with Crippen LogP contribution in [0.2, 0.25) is 0 Å². The van der Waals surface area contributed by atoms with Gasteiger partial charge in [0.1, 0.15) is 17.3 Å². The molecule has 2 aromatic heterocycles. The zero-order valence-corrected chi connectivity index (χ0v) is 20.3. The highest BCUT2D eigenvalue weighted by Crippen LogP contribution is 2.27. The second-order valence-corrected chi connectivity index (χ2v) is 10.1. The Kier molecular flexibility index (Phi) is 7.02. The number of nitrogens with two attached hydrogens (primary N) is 1. The Bertz CT molecular complexity index is 1540. The van der Waals surface area contributed by atoms with Gasteiger partial charge < -0.3 is 5.73 Å². The number of nitrogens with zero attached hydrogens (tertiary/aromatic N) is 4. The van der Waals surface area contributed by atoms with Crippen molar-refractivity contribution in [3.05, 3.63) is 80.3 Å². The molecule has 3 N–H and O–H groups in total. The highest BCUT2D eigenvalue weighted by molar-refractivity contribution is 7.92. The van der Waals surface area contributed by atoms with E-state index in [-0.39, 0.29) is 46.5 Å². The van der Waals surface area contributed by atoms with Crippen LogP contribution in [0.25, 0.3) is 0 Å². The van der Waals surface area contributed by atoms with Gasteiger partial charge in [-0.05, 0) is 54.3 Å². The third-order valence-corrected chi connectivity index (χ3v) is 5.57. The zero-order valence-electron chi connectivity index (χ0n) is 19.5. The van der Waals surface area contributed by atoms with E-state index in [1.54, 1.807) is 32.9 Å². The number of anilines is 2. The summed E-state index contributed by atoms with van der Waals surface area (Å²) in [4.78, 5) is 34.0. The molecule has 0 atom stereocenters. The Balaban J connectivity index is 2.25. The van der Waals surface area contributed by atoms with Crippen LogP contribution in [0, 0.1) is 24.2 Å². The van der Waals surface area contributed by atoms with Gasteiger partial charge in [-0.1, -0.05) is 13.8 Å². The van der Waals surface area contributed by atoms with Gasteiger partial charge in [-0.15, -0.1) is 0 Å². The van der Waals surface area contributed by atoms with E-state index in [9.17, 15) is 27.7 Å². The maximum Gasteiger partial charge on any atom is 0.350 e. The lowest BCUT2D eigenvalue weighted by Gasteiger charge is -2.20. The number of pyridine rings is 1. The number of aryl methyl sites for hydroxylation is 1. The number of nitrogen functional groups attached to an aromatic ring is 1. The molecule has 3 aromatic rings. The predicted octanol–water partition coefficient (Wildman–Crippen LogP) is 2.31. The van der Waals surface area contributed by atoms with Gasteiger partial charge in [-0.3, -0.25) is 14.1 Å². The molecule has 0 saturated heterocycles. The van der Waals surface area contributed by atoms with Crippen molar-refractivity contribution >= 4 is 27.4 Å². The molecule has 3 rings (SSSR count). The van der Waals surface area contributed by atoms with Gasteiger partial charge in [0.25, 0.3) is 0 Å². The fourth-order valence-corrected chi connectivity index (χ4v) is 4.21. The highest BCUT2D eigenvalue weighted by atomic mass is 32.2. The van der Waals surface area contributed by atoms with Crippen molar-refractivity contribution < 1.29 is 17.6 Å². The fraction of sp³-hybridized carbons (Fsp3) is 0.261. The summed E-state index contributed by atoms with van der Waals surface area (Å²) in [7, 11) is -3.74. The van der Waals surface area contributed by atoms with Crippen LogP contribution < -0.4 is 16.1 Å². The van der Waals surface area contributed by atoms with Gasteiger partial charge in [0.15, 0.2) is 0 Å². The number of nitriles is 1. The molecule has 182 valence electrons. The van der Waals surface area contributed by atoms with E-state index in [0.717, 1.165) is 16.9 Å². The van der Waals surface area contributed by atoms with Crippen molar-refractivity contribution in [3.63, 3.8) is 0 Å². The molecule has 35 heavy (non-hydrogen) atoms. The summed E-state index contributed by atoms with van der Waals surface area (Å²) in [6.07, 6.45) is 0.886. The van der Waals surface area contributed by atoms with Gasteiger partial charge in [-0.25, -0.2) is 18.2 Å².